The van der Waals surface area contributed by atoms with Gasteiger partial charge >= 0.3 is 0 Å². The van der Waals surface area contributed by atoms with E-state index in [9.17, 15) is 18.0 Å². The van der Waals surface area contributed by atoms with Gasteiger partial charge in [0, 0.05) is 24.2 Å². The maximum absolute atomic E-state index is 13.6. The third kappa shape index (κ3) is 7.31. The fourth-order valence-electron chi connectivity index (χ4n) is 4.03. The first-order valence-electron chi connectivity index (χ1n) is 12.1. The quantitative estimate of drug-likeness (QED) is 0.418. The van der Waals surface area contributed by atoms with Gasteiger partial charge in [0.15, 0.2) is 0 Å². The van der Waals surface area contributed by atoms with E-state index in [1.807, 2.05) is 52.0 Å². The number of benzene rings is 3. The van der Waals surface area contributed by atoms with Crippen LogP contribution in [0, 0.1) is 0 Å². The molecule has 0 aliphatic rings. The van der Waals surface area contributed by atoms with Gasteiger partial charge in [-0.05, 0) is 67.8 Å². The van der Waals surface area contributed by atoms with Crippen LogP contribution in [0.2, 0.25) is 5.02 Å². The van der Waals surface area contributed by atoms with Crippen molar-refractivity contribution in [3.05, 3.63) is 77.3 Å². The second-order valence-corrected chi connectivity index (χ2v) is 12.6. The molecule has 0 saturated carbocycles. The molecule has 7 nitrogen and oxygen atoms in total. The Labute approximate surface area is 224 Å². The Bertz CT molecular complexity index is 1370. The van der Waals surface area contributed by atoms with Crippen LogP contribution in [0.25, 0.3) is 10.8 Å². The number of sulfonamides is 1. The van der Waals surface area contributed by atoms with Gasteiger partial charge in [0.25, 0.3) is 0 Å². The van der Waals surface area contributed by atoms with Crippen LogP contribution in [0.4, 0.5) is 0 Å². The minimum Gasteiger partial charge on any atom is -0.350 e. The van der Waals surface area contributed by atoms with E-state index in [1.54, 1.807) is 36.4 Å². The van der Waals surface area contributed by atoms with Crippen molar-refractivity contribution < 1.29 is 18.0 Å². The molecule has 3 aromatic carbocycles. The lowest BCUT2D eigenvalue weighted by molar-refractivity contribution is -0.142. The van der Waals surface area contributed by atoms with Gasteiger partial charge in [-0.2, -0.15) is 4.31 Å². The molecule has 198 valence electrons. The van der Waals surface area contributed by atoms with E-state index in [1.165, 1.54) is 18.0 Å². The summed E-state index contributed by atoms with van der Waals surface area (Å²) in [5.41, 5.74) is 0.287. The van der Waals surface area contributed by atoms with E-state index in [2.05, 4.69) is 5.32 Å². The number of hydrogen-bond donors (Lipinski definition) is 1. The van der Waals surface area contributed by atoms with Crippen LogP contribution < -0.4 is 5.32 Å². The van der Waals surface area contributed by atoms with Crippen molar-refractivity contribution in [2.75, 3.05) is 13.6 Å². The Hall–Kier alpha value is -2.94. The maximum Gasteiger partial charge on any atom is 0.243 e. The van der Waals surface area contributed by atoms with E-state index in [4.69, 9.17) is 11.6 Å². The highest BCUT2D eigenvalue weighted by atomic mass is 35.5. The molecule has 1 N–H and O–H groups in total. The summed E-state index contributed by atoms with van der Waals surface area (Å²) in [5, 5.41) is 5.21. The molecule has 37 heavy (non-hydrogen) atoms. The van der Waals surface area contributed by atoms with Crippen LogP contribution in [-0.4, -0.2) is 54.6 Å². The fourth-order valence-corrected chi connectivity index (χ4v) is 5.32. The Kier molecular flexibility index (Phi) is 9.00. The molecule has 0 radical (unpaired) electrons. The zero-order valence-electron chi connectivity index (χ0n) is 21.9. The van der Waals surface area contributed by atoms with E-state index in [0.717, 1.165) is 20.6 Å². The standard InChI is InChI=1S/C28H34ClN3O4S/c1-6-25(27(34)30-28(2,3)4)32(18-20-11-14-23(29)15-12-20)26(33)19-31(5)37(35,36)24-16-13-21-9-7-8-10-22(21)17-24/h7-17,25H,6,18-19H2,1-5H3,(H,30,34). The van der Waals surface area contributed by atoms with Crippen molar-refractivity contribution in [2.45, 2.75) is 57.1 Å². The van der Waals surface area contributed by atoms with Crippen LogP contribution in [0.3, 0.4) is 0 Å². The molecule has 0 aromatic heterocycles. The summed E-state index contributed by atoms with van der Waals surface area (Å²) in [5.74, 6) is -0.768. The lowest BCUT2D eigenvalue weighted by Crippen LogP contribution is -2.55. The molecule has 0 spiro atoms. The van der Waals surface area contributed by atoms with Gasteiger partial charge in [-0.1, -0.05) is 61.0 Å². The summed E-state index contributed by atoms with van der Waals surface area (Å²) >= 11 is 6.02. The molecule has 9 heteroatoms. The number of rotatable bonds is 9. The average molecular weight is 544 g/mol. The van der Waals surface area contributed by atoms with Crippen molar-refractivity contribution in [3.63, 3.8) is 0 Å². The highest BCUT2D eigenvalue weighted by Gasteiger charge is 2.33. The Morgan fingerprint density at radius 1 is 0.973 bits per heavy atom. The van der Waals surface area contributed by atoms with Gasteiger partial charge in [-0.25, -0.2) is 8.42 Å². The normalized spacial score (nSPS) is 12.9. The summed E-state index contributed by atoms with van der Waals surface area (Å²) in [4.78, 5) is 28.3. The van der Waals surface area contributed by atoms with Crippen LogP contribution in [0.1, 0.15) is 39.7 Å². The Morgan fingerprint density at radius 3 is 2.19 bits per heavy atom. The number of hydrogen-bond acceptors (Lipinski definition) is 4. The van der Waals surface area contributed by atoms with E-state index in [-0.39, 0.29) is 17.3 Å². The molecule has 3 aromatic rings. The number of carbonyl (C=O) groups excluding carboxylic acids is 2. The number of amides is 2. The summed E-state index contributed by atoms with van der Waals surface area (Å²) < 4.78 is 27.7. The van der Waals surface area contributed by atoms with E-state index < -0.39 is 34.1 Å². The summed E-state index contributed by atoms with van der Waals surface area (Å²) in [6, 6.07) is 18.6. The number of halogens is 1. The second kappa shape index (κ2) is 11.6. The van der Waals surface area contributed by atoms with Gasteiger partial charge in [0.1, 0.15) is 6.04 Å². The zero-order chi connectivity index (χ0) is 27.4. The van der Waals surface area contributed by atoms with E-state index in [0.29, 0.717) is 11.4 Å². The summed E-state index contributed by atoms with van der Waals surface area (Å²) in [6.45, 7) is 7.15. The number of likely N-dealkylation sites (N-methyl/N-ethyl adjacent to an activating group) is 1. The van der Waals surface area contributed by atoms with Crippen LogP contribution >= 0.6 is 11.6 Å². The summed E-state index contributed by atoms with van der Waals surface area (Å²) in [6.07, 6.45) is 0.363. The molecule has 0 bridgehead atoms. The molecule has 0 aliphatic heterocycles. The molecular formula is C28H34ClN3O4S. The zero-order valence-corrected chi connectivity index (χ0v) is 23.4. The Morgan fingerprint density at radius 2 is 1.59 bits per heavy atom. The number of carbonyl (C=O) groups is 2. The largest absolute Gasteiger partial charge is 0.350 e. The smallest absolute Gasteiger partial charge is 0.243 e. The monoisotopic (exact) mass is 543 g/mol. The van der Waals surface area contributed by atoms with Gasteiger partial charge in [-0.3, -0.25) is 9.59 Å². The maximum atomic E-state index is 13.6. The first-order chi connectivity index (χ1) is 17.3. The third-order valence-corrected chi connectivity index (χ3v) is 7.99. The SMILES string of the molecule is CCC(C(=O)NC(C)(C)C)N(Cc1ccc(Cl)cc1)C(=O)CN(C)S(=O)(=O)c1ccc2ccccc2c1. The second-order valence-electron chi connectivity index (χ2n) is 10.1. The lowest BCUT2D eigenvalue weighted by atomic mass is 10.1. The van der Waals surface area contributed by atoms with Crippen molar-refractivity contribution in [1.82, 2.24) is 14.5 Å². The molecule has 2 amide bonds. The molecule has 0 heterocycles. The van der Waals surface area contributed by atoms with Crippen molar-refractivity contribution in [1.29, 1.82) is 0 Å². The minimum absolute atomic E-state index is 0.100. The molecule has 1 atom stereocenters. The lowest BCUT2D eigenvalue weighted by Gasteiger charge is -2.34. The fraction of sp³-hybridized carbons (Fsp3) is 0.357. The predicted octanol–water partition coefficient (Wildman–Crippen LogP) is 4.84. The first kappa shape index (κ1) is 28.6. The molecule has 3 rings (SSSR count). The summed E-state index contributed by atoms with van der Waals surface area (Å²) in [7, 11) is -2.58. The van der Waals surface area contributed by atoms with Crippen molar-refractivity contribution in [3.8, 4) is 0 Å². The van der Waals surface area contributed by atoms with E-state index >= 15 is 0 Å². The molecule has 0 saturated heterocycles. The van der Waals surface area contributed by atoms with Gasteiger partial charge in [0.2, 0.25) is 21.8 Å². The third-order valence-electron chi connectivity index (χ3n) is 5.94. The topological polar surface area (TPSA) is 86.8 Å². The van der Waals surface area contributed by atoms with Crippen LogP contribution in [0.5, 0.6) is 0 Å². The first-order valence-corrected chi connectivity index (χ1v) is 13.9. The molecule has 1 unspecified atom stereocenters. The molecule has 0 fully saturated rings. The Balaban J connectivity index is 1.89. The van der Waals surface area contributed by atoms with Gasteiger partial charge < -0.3 is 10.2 Å². The molecule has 0 aliphatic carbocycles. The number of fused-ring (bicyclic) bond motifs is 1. The van der Waals surface area contributed by atoms with Crippen molar-refractivity contribution >= 4 is 44.2 Å². The highest BCUT2D eigenvalue weighted by molar-refractivity contribution is 7.89. The predicted molar refractivity (Wildman–Crippen MR) is 148 cm³/mol. The van der Waals surface area contributed by atoms with Gasteiger partial charge in [-0.15, -0.1) is 0 Å². The molecular weight excluding hydrogens is 510 g/mol. The number of nitrogens with one attached hydrogen (secondary N) is 1. The average Bonchev–Trinajstić information content (AvgIpc) is 2.83. The van der Waals surface area contributed by atoms with Crippen LogP contribution in [-0.2, 0) is 26.2 Å². The van der Waals surface area contributed by atoms with Gasteiger partial charge in [0.05, 0.1) is 11.4 Å². The number of nitrogens with zero attached hydrogens (tertiary/aromatic N) is 2. The van der Waals surface area contributed by atoms with Crippen molar-refractivity contribution in [2.24, 2.45) is 0 Å². The minimum atomic E-state index is -3.95. The highest BCUT2D eigenvalue weighted by Crippen LogP contribution is 2.22. The van der Waals surface area contributed by atoms with Crippen LogP contribution in [0.15, 0.2) is 71.6 Å².